The van der Waals surface area contributed by atoms with Gasteiger partial charge in [0.25, 0.3) is 0 Å². The zero-order valence-electron chi connectivity index (χ0n) is 11.0. The Hall–Kier alpha value is -1.33. The smallest absolute Gasteiger partial charge is 0.233 e. The zero-order chi connectivity index (χ0) is 13.8. The van der Waals surface area contributed by atoms with Crippen molar-refractivity contribution >= 4 is 29.0 Å². The number of thioether (sulfide) groups is 1. The molecule has 1 saturated heterocycles. The fraction of sp³-hybridized carbons (Fsp3) is 0.333. The molecule has 0 saturated carbocycles. The number of amides is 1. The molecule has 0 aliphatic carbocycles. The zero-order valence-corrected chi connectivity index (χ0v) is 12.7. The van der Waals surface area contributed by atoms with Gasteiger partial charge in [-0.3, -0.25) is 4.79 Å². The highest BCUT2D eigenvalue weighted by Gasteiger charge is 2.23. The van der Waals surface area contributed by atoms with Crippen LogP contribution in [0.4, 0.5) is 0 Å². The summed E-state index contributed by atoms with van der Waals surface area (Å²) in [7, 11) is 0. The van der Waals surface area contributed by atoms with Crippen LogP contribution in [0.25, 0.3) is 11.3 Å². The van der Waals surface area contributed by atoms with E-state index in [0.717, 1.165) is 41.4 Å². The Balaban J connectivity index is 1.72. The van der Waals surface area contributed by atoms with Gasteiger partial charge in [0.2, 0.25) is 5.91 Å². The second-order valence-electron chi connectivity index (χ2n) is 4.76. The molecular formula is C15H16N2OS2. The molecule has 1 atom stereocenters. The molecule has 2 aromatic rings. The normalized spacial score (nSPS) is 19.4. The number of carbonyl (C=O) groups excluding carboxylic acids is 1. The van der Waals surface area contributed by atoms with E-state index in [-0.39, 0.29) is 11.2 Å². The summed E-state index contributed by atoms with van der Waals surface area (Å²) in [5.74, 6) is 0.156. The van der Waals surface area contributed by atoms with E-state index >= 15 is 0 Å². The van der Waals surface area contributed by atoms with Gasteiger partial charge in [-0.1, -0.05) is 48.5 Å². The minimum atomic E-state index is 0.00673. The average molecular weight is 304 g/mol. The van der Waals surface area contributed by atoms with Crippen LogP contribution in [0.1, 0.15) is 19.3 Å². The van der Waals surface area contributed by atoms with Gasteiger partial charge < -0.3 is 5.32 Å². The standard InChI is InChI=1S/C15H16N2OS2/c18-14-13(8-4-5-9-16-14)20-15-17-12(10-19-15)11-6-2-1-3-7-11/h1-3,6-7,10,13H,4-5,8-9H2,(H,16,18)/t13-/m0/s1. The minimum Gasteiger partial charge on any atom is -0.355 e. The lowest BCUT2D eigenvalue weighted by atomic mass is 10.2. The Bertz CT molecular complexity index is 583. The summed E-state index contributed by atoms with van der Waals surface area (Å²) in [5.41, 5.74) is 2.12. The molecule has 3 nitrogen and oxygen atoms in total. The Morgan fingerprint density at radius 3 is 2.95 bits per heavy atom. The quantitative estimate of drug-likeness (QED) is 0.942. The van der Waals surface area contributed by atoms with Gasteiger partial charge in [-0.2, -0.15) is 0 Å². The molecular weight excluding hydrogens is 288 g/mol. The third-order valence-corrected chi connectivity index (χ3v) is 5.52. The molecule has 3 rings (SSSR count). The molecule has 1 aliphatic rings. The Kier molecular flexibility index (Phi) is 4.38. The monoisotopic (exact) mass is 304 g/mol. The molecule has 0 bridgehead atoms. The van der Waals surface area contributed by atoms with Gasteiger partial charge in [-0.15, -0.1) is 11.3 Å². The van der Waals surface area contributed by atoms with E-state index in [2.05, 4.69) is 27.8 Å². The molecule has 20 heavy (non-hydrogen) atoms. The fourth-order valence-electron chi connectivity index (χ4n) is 2.20. The average Bonchev–Trinajstić information content (AvgIpc) is 2.86. The maximum Gasteiger partial charge on any atom is 0.233 e. The number of aromatic nitrogens is 1. The van der Waals surface area contributed by atoms with E-state index in [0.29, 0.717) is 0 Å². The van der Waals surface area contributed by atoms with Crippen LogP contribution in [0.3, 0.4) is 0 Å². The molecule has 0 radical (unpaired) electrons. The molecule has 0 spiro atoms. The van der Waals surface area contributed by atoms with Crippen LogP contribution in [-0.4, -0.2) is 22.7 Å². The molecule has 0 unspecified atom stereocenters. The highest BCUT2D eigenvalue weighted by atomic mass is 32.2. The Labute approximate surface area is 126 Å². The van der Waals surface area contributed by atoms with E-state index in [1.54, 1.807) is 23.1 Å². The molecule has 1 amide bonds. The van der Waals surface area contributed by atoms with Crippen molar-refractivity contribution in [3.05, 3.63) is 35.7 Å². The molecule has 104 valence electrons. The second-order valence-corrected chi connectivity index (χ2v) is 7.07. The number of thiazole rings is 1. The maximum absolute atomic E-state index is 11.9. The van der Waals surface area contributed by atoms with Gasteiger partial charge in [-0.25, -0.2) is 4.98 Å². The van der Waals surface area contributed by atoms with Crippen LogP contribution in [0, 0.1) is 0 Å². The molecule has 1 aliphatic heterocycles. The SMILES string of the molecule is O=C1NCCCC[C@@H]1Sc1nc(-c2ccccc2)cs1. The number of hydrogen-bond acceptors (Lipinski definition) is 4. The third-order valence-electron chi connectivity index (χ3n) is 3.28. The van der Waals surface area contributed by atoms with Crippen molar-refractivity contribution in [2.75, 3.05) is 6.54 Å². The van der Waals surface area contributed by atoms with Gasteiger partial charge in [0.15, 0.2) is 4.34 Å². The van der Waals surface area contributed by atoms with E-state index < -0.39 is 0 Å². The molecule has 1 aromatic heterocycles. The van der Waals surface area contributed by atoms with E-state index in [1.165, 1.54) is 0 Å². The van der Waals surface area contributed by atoms with E-state index in [1.807, 2.05) is 18.2 Å². The van der Waals surface area contributed by atoms with Crippen molar-refractivity contribution in [1.82, 2.24) is 10.3 Å². The van der Waals surface area contributed by atoms with Crippen molar-refractivity contribution in [2.45, 2.75) is 28.9 Å². The van der Waals surface area contributed by atoms with Crippen LogP contribution < -0.4 is 5.32 Å². The first kappa shape index (κ1) is 13.6. The lowest BCUT2D eigenvalue weighted by molar-refractivity contribution is -0.120. The topological polar surface area (TPSA) is 42.0 Å². The van der Waals surface area contributed by atoms with Crippen molar-refractivity contribution in [1.29, 1.82) is 0 Å². The molecule has 1 fully saturated rings. The maximum atomic E-state index is 11.9. The van der Waals surface area contributed by atoms with E-state index in [4.69, 9.17) is 0 Å². The summed E-state index contributed by atoms with van der Waals surface area (Å²) in [6.45, 7) is 0.809. The number of nitrogens with one attached hydrogen (secondary N) is 1. The van der Waals surface area contributed by atoms with Crippen LogP contribution in [0.15, 0.2) is 40.1 Å². The number of benzene rings is 1. The number of carbonyl (C=O) groups is 1. The number of hydrogen-bond donors (Lipinski definition) is 1. The summed E-state index contributed by atoms with van der Waals surface area (Å²) in [5, 5.41) is 5.04. The van der Waals surface area contributed by atoms with Crippen molar-refractivity contribution in [3.63, 3.8) is 0 Å². The first-order valence-corrected chi connectivity index (χ1v) is 8.54. The summed E-state index contributed by atoms with van der Waals surface area (Å²) in [6.07, 6.45) is 3.13. The third kappa shape index (κ3) is 3.22. The first-order valence-electron chi connectivity index (χ1n) is 6.78. The predicted molar refractivity (Wildman–Crippen MR) is 84.1 cm³/mol. The highest BCUT2D eigenvalue weighted by Crippen LogP contribution is 2.33. The fourth-order valence-corrected chi connectivity index (χ4v) is 4.33. The summed E-state index contributed by atoms with van der Waals surface area (Å²) >= 11 is 3.22. The van der Waals surface area contributed by atoms with E-state index in [9.17, 15) is 4.79 Å². The Morgan fingerprint density at radius 1 is 1.25 bits per heavy atom. The first-order chi connectivity index (χ1) is 9.83. The summed E-state index contributed by atoms with van der Waals surface area (Å²) in [4.78, 5) is 16.6. The van der Waals surface area contributed by atoms with Gasteiger partial charge in [0, 0.05) is 17.5 Å². The summed E-state index contributed by atoms with van der Waals surface area (Å²) in [6, 6.07) is 10.1. The van der Waals surface area contributed by atoms with Crippen LogP contribution in [0.2, 0.25) is 0 Å². The van der Waals surface area contributed by atoms with Crippen LogP contribution in [0.5, 0.6) is 0 Å². The number of nitrogens with zero attached hydrogens (tertiary/aromatic N) is 1. The van der Waals surface area contributed by atoms with Gasteiger partial charge in [0.1, 0.15) is 0 Å². The lowest BCUT2D eigenvalue weighted by Gasteiger charge is -2.09. The lowest BCUT2D eigenvalue weighted by Crippen LogP contribution is -2.30. The molecule has 2 heterocycles. The minimum absolute atomic E-state index is 0.00673. The largest absolute Gasteiger partial charge is 0.355 e. The van der Waals surface area contributed by atoms with Crippen molar-refractivity contribution < 1.29 is 4.79 Å². The Morgan fingerprint density at radius 2 is 2.10 bits per heavy atom. The van der Waals surface area contributed by atoms with Crippen molar-refractivity contribution in [3.8, 4) is 11.3 Å². The van der Waals surface area contributed by atoms with Crippen LogP contribution in [-0.2, 0) is 4.79 Å². The van der Waals surface area contributed by atoms with Gasteiger partial charge >= 0.3 is 0 Å². The molecule has 5 heteroatoms. The van der Waals surface area contributed by atoms with Crippen LogP contribution >= 0.6 is 23.1 Å². The van der Waals surface area contributed by atoms with Gasteiger partial charge in [0.05, 0.1) is 10.9 Å². The molecule has 1 N–H and O–H groups in total. The van der Waals surface area contributed by atoms with Crippen molar-refractivity contribution in [2.24, 2.45) is 0 Å². The number of rotatable bonds is 3. The second kappa shape index (κ2) is 6.41. The highest BCUT2D eigenvalue weighted by molar-refractivity contribution is 8.02. The van der Waals surface area contributed by atoms with Gasteiger partial charge in [-0.05, 0) is 12.8 Å². The predicted octanol–water partition coefficient (Wildman–Crippen LogP) is 3.57. The molecule has 1 aromatic carbocycles. The summed E-state index contributed by atoms with van der Waals surface area (Å²) < 4.78 is 0.978.